The molecule has 0 bridgehead atoms. The van der Waals surface area contributed by atoms with Gasteiger partial charge in [-0.2, -0.15) is 0 Å². The van der Waals surface area contributed by atoms with E-state index in [9.17, 15) is 9.59 Å². The summed E-state index contributed by atoms with van der Waals surface area (Å²) in [6.45, 7) is 3.34. The molecule has 4 nitrogen and oxygen atoms in total. The monoisotopic (exact) mass is 338 g/mol. The molecule has 1 aromatic carbocycles. The zero-order chi connectivity index (χ0) is 15.9. The number of halogens is 2. The molecular weight excluding hydrogens is 323 g/mol. The molecule has 1 saturated heterocycles. The van der Waals surface area contributed by atoms with Gasteiger partial charge in [-0.3, -0.25) is 9.59 Å². The Hall–Kier alpha value is -1.52. The maximum Gasteiger partial charge on any atom is 0.283 e. The molecule has 116 valence electrons. The minimum Gasteiger partial charge on any atom is -0.366 e. The van der Waals surface area contributed by atoms with Gasteiger partial charge in [0.25, 0.3) is 11.8 Å². The summed E-state index contributed by atoms with van der Waals surface area (Å²) in [6, 6.07) is 5.07. The van der Waals surface area contributed by atoms with Crippen LogP contribution in [-0.4, -0.2) is 29.8 Å². The third-order valence-corrected chi connectivity index (χ3v) is 4.65. The summed E-state index contributed by atoms with van der Waals surface area (Å²) >= 11 is 12.1. The first kappa shape index (κ1) is 15.4. The quantitative estimate of drug-likeness (QED) is 0.775. The second-order valence-corrected chi connectivity index (χ2v) is 6.40. The van der Waals surface area contributed by atoms with Gasteiger partial charge in [-0.05, 0) is 49.9 Å². The van der Waals surface area contributed by atoms with Crippen molar-refractivity contribution < 1.29 is 9.59 Å². The molecule has 3 rings (SSSR count). The molecule has 6 heteroatoms. The van der Waals surface area contributed by atoms with Gasteiger partial charge in [0.15, 0.2) is 0 Å². The zero-order valence-electron chi connectivity index (χ0n) is 12.2. The summed E-state index contributed by atoms with van der Waals surface area (Å²) in [5, 5.41) is 0.580. The normalized spacial score (nSPS) is 19.4. The van der Waals surface area contributed by atoms with Crippen molar-refractivity contribution in [1.29, 1.82) is 0 Å². The first-order chi connectivity index (χ1) is 10.5. The summed E-state index contributed by atoms with van der Waals surface area (Å²) < 4.78 is 0. The van der Waals surface area contributed by atoms with E-state index < -0.39 is 5.91 Å². The third kappa shape index (κ3) is 2.50. The van der Waals surface area contributed by atoms with Crippen molar-refractivity contribution in [3.05, 3.63) is 39.5 Å². The first-order valence-electron chi connectivity index (χ1n) is 7.30. The molecule has 2 heterocycles. The van der Waals surface area contributed by atoms with Crippen molar-refractivity contribution in [3.63, 3.8) is 0 Å². The molecule has 2 aliphatic heterocycles. The van der Waals surface area contributed by atoms with Crippen LogP contribution in [0.3, 0.4) is 0 Å². The molecule has 0 N–H and O–H groups in total. The molecule has 1 fully saturated rings. The lowest BCUT2D eigenvalue weighted by Crippen LogP contribution is -2.37. The van der Waals surface area contributed by atoms with E-state index in [-0.39, 0.29) is 10.9 Å². The van der Waals surface area contributed by atoms with Crippen LogP contribution in [-0.2, 0) is 9.59 Å². The summed E-state index contributed by atoms with van der Waals surface area (Å²) in [6.07, 6.45) is 3.16. The molecule has 0 aliphatic carbocycles. The van der Waals surface area contributed by atoms with E-state index in [4.69, 9.17) is 23.2 Å². The van der Waals surface area contributed by atoms with Gasteiger partial charge in [-0.1, -0.05) is 23.2 Å². The van der Waals surface area contributed by atoms with Crippen LogP contribution in [0.5, 0.6) is 0 Å². The number of aryl methyl sites for hydroxylation is 1. The molecule has 0 unspecified atom stereocenters. The number of piperidine rings is 1. The van der Waals surface area contributed by atoms with Crippen LogP contribution in [0.2, 0.25) is 5.02 Å². The second-order valence-electron chi connectivity index (χ2n) is 5.59. The number of benzene rings is 1. The topological polar surface area (TPSA) is 40.6 Å². The maximum atomic E-state index is 12.8. The summed E-state index contributed by atoms with van der Waals surface area (Å²) in [7, 11) is 0. The summed E-state index contributed by atoms with van der Waals surface area (Å²) in [5.74, 6) is -0.806. The minimum atomic E-state index is -0.460. The highest BCUT2D eigenvalue weighted by molar-refractivity contribution is 6.52. The van der Waals surface area contributed by atoms with Gasteiger partial charge in [-0.25, -0.2) is 4.90 Å². The predicted octanol–water partition coefficient (Wildman–Crippen LogP) is 3.46. The minimum absolute atomic E-state index is 0.0150. The van der Waals surface area contributed by atoms with Gasteiger partial charge in [-0.15, -0.1) is 0 Å². The number of rotatable bonds is 2. The Balaban J connectivity index is 1.96. The third-order valence-electron chi connectivity index (χ3n) is 4.08. The number of amides is 2. The Labute approximate surface area is 139 Å². The fourth-order valence-corrected chi connectivity index (χ4v) is 3.48. The molecule has 0 atom stereocenters. The number of hydrogen-bond acceptors (Lipinski definition) is 3. The average molecular weight is 339 g/mol. The van der Waals surface area contributed by atoms with E-state index in [1.807, 2.05) is 11.8 Å². The Bertz CT molecular complexity index is 679. The zero-order valence-corrected chi connectivity index (χ0v) is 13.7. The second kappa shape index (κ2) is 5.94. The smallest absolute Gasteiger partial charge is 0.283 e. The van der Waals surface area contributed by atoms with Crippen LogP contribution in [0, 0.1) is 6.92 Å². The molecular formula is C16H16Cl2N2O2. The first-order valence-corrected chi connectivity index (χ1v) is 8.06. The number of likely N-dealkylation sites (tertiary alicyclic amines) is 1. The maximum absolute atomic E-state index is 12.8. The highest BCUT2D eigenvalue weighted by Crippen LogP contribution is 2.34. The number of carbonyl (C=O) groups is 2. The van der Waals surface area contributed by atoms with Gasteiger partial charge in [0, 0.05) is 18.1 Å². The van der Waals surface area contributed by atoms with Crippen molar-refractivity contribution in [3.8, 4) is 0 Å². The largest absolute Gasteiger partial charge is 0.366 e. The number of carbonyl (C=O) groups excluding carboxylic acids is 2. The molecule has 0 radical (unpaired) electrons. The summed E-state index contributed by atoms with van der Waals surface area (Å²) in [5.41, 5.74) is 1.63. The molecule has 1 aromatic rings. The Kier molecular flexibility index (Phi) is 4.15. The number of anilines is 1. The standard InChI is InChI=1S/C16H16Cl2N2O2/c1-10-9-11(17)5-6-12(10)20-15(21)13(18)14(16(20)22)19-7-3-2-4-8-19/h5-6,9H,2-4,7-8H2,1H3. The van der Waals surface area contributed by atoms with Crippen LogP contribution >= 0.6 is 23.2 Å². The van der Waals surface area contributed by atoms with E-state index in [1.54, 1.807) is 18.2 Å². The van der Waals surface area contributed by atoms with Crippen LogP contribution in [0.25, 0.3) is 0 Å². The van der Waals surface area contributed by atoms with E-state index >= 15 is 0 Å². The Morgan fingerprint density at radius 2 is 1.68 bits per heavy atom. The summed E-state index contributed by atoms with van der Waals surface area (Å²) in [4.78, 5) is 28.3. The van der Waals surface area contributed by atoms with Crippen LogP contribution in [0.4, 0.5) is 5.69 Å². The van der Waals surface area contributed by atoms with Crippen LogP contribution in [0.1, 0.15) is 24.8 Å². The number of nitrogens with zero attached hydrogens (tertiary/aromatic N) is 2. The SMILES string of the molecule is Cc1cc(Cl)ccc1N1C(=O)C(Cl)=C(N2CCCCC2)C1=O. The molecule has 22 heavy (non-hydrogen) atoms. The Morgan fingerprint density at radius 1 is 1.00 bits per heavy atom. The number of hydrogen-bond donors (Lipinski definition) is 0. The van der Waals surface area contributed by atoms with Crippen LogP contribution < -0.4 is 4.90 Å². The highest BCUT2D eigenvalue weighted by atomic mass is 35.5. The molecule has 0 spiro atoms. The van der Waals surface area contributed by atoms with Gasteiger partial charge >= 0.3 is 0 Å². The van der Waals surface area contributed by atoms with Crippen molar-refractivity contribution in [1.82, 2.24) is 4.90 Å². The van der Waals surface area contributed by atoms with Crippen molar-refractivity contribution in [2.24, 2.45) is 0 Å². The average Bonchev–Trinajstić information content (AvgIpc) is 2.71. The lowest BCUT2D eigenvalue weighted by atomic mass is 10.1. The highest BCUT2D eigenvalue weighted by Gasteiger charge is 2.41. The number of imide groups is 1. The van der Waals surface area contributed by atoms with Gasteiger partial charge in [0.1, 0.15) is 10.7 Å². The molecule has 2 amide bonds. The molecule has 2 aliphatic rings. The molecule has 0 aromatic heterocycles. The van der Waals surface area contributed by atoms with Gasteiger partial charge < -0.3 is 4.90 Å². The van der Waals surface area contributed by atoms with Crippen molar-refractivity contribution >= 4 is 40.7 Å². The van der Waals surface area contributed by atoms with Crippen LogP contribution in [0.15, 0.2) is 28.9 Å². The van der Waals surface area contributed by atoms with E-state index in [0.29, 0.717) is 16.4 Å². The van der Waals surface area contributed by atoms with E-state index in [0.717, 1.165) is 42.8 Å². The van der Waals surface area contributed by atoms with Gasteiger partial charge in [0.2, 0.25) is 0 Å². The van der Waals surface area contributed by atoms with Crippen molar-refractivity contribution in [2.45, 2.75) is 26.2 Å². The molecule has 0 saturated carbocycles. The fraction of sp³-hybridized carbons (Fsp3) is 0.375. The fourth-order valence-electron chi connectivity index (χ4n) is 2.97. The lowest BCUT2D eigenvalue weighted by molar-refractivity contribution is -0.121. The lowest BCUT2D eigenvalue weighted by Gasteiger charge is -2.29. The van der Waals surface area contributed by atoms with Gasteiger partial charge in [0.05, 0.1) is 5.69 Å². The van der Waals surface area contributed by atoms with E-state index in [1.165, 1.54) is 0 Å². The Morgan fingerprint density at radius 3 is 2.32 bits per heavy atom. The predicted molar refractivity (Wildman–Crippen MR) is 87.0 cm³/mol. The van der Waals surface area contributed by atoms with E-state index in [2.05, 4.69) is 0 Å². The van der Waals surface area contributed by atoms with Crippen molar-refractivity contribution in [2.75, 3.05) is 18.0 Å².